The molecule has 0 aliphatic rings. The van der Waals surface area contributed by atoms with Crippen LogP contribution in [0.5, 0.6) is 5.75 Å². The molecule has 1 amide bonds. The van der Waals surface area contributed by atoms with E-state index in [-0.39, 0.29) is 5.91 Å². The lowest BCUT2D eigenvalue weighted by molar-refractivity contribution is 0.0953. The van der Waals surface area contributed by atoms with Gasteiger partial charge in [-0.3, -0.25) is 4.79 Å². The minimum Gasteiger partial charge on any atom is -0.497 e. The lowest BCUT2D eigenvalue weighted by atomic mass is 10.1. The summed E-state index contributed by atoms with van der Waals surface area (Å²) in [7, 11) is 1.63. The van der Waals surface area contributed by atoms with Gasteiger partial charge in [0.15, 0.2) is 11.5 Å². The van der Waals surface area contributed by atoms with Gasteiger partial charge in [0.1, 0.15) is 17.1 Å². The number of carbonyl (C=O) groups excluding carboxylic acids is 1. The molecule has 0 radical (unpaired) electrons. The third kappa shape index (κ3) is 3.32. The topological polar surface area (TPSA) is 77.5 Å². The molecule has 6 heteroatoms. The summed E-state index contributed by atoms with van der Waals surface area (Å²) in [5.74, 6) is 1.53. The average Bonchev–Trinajstić information content (AvgIpc) is 3.24. The van der Waals surface area contributed by atoms with Crippen molar-refractivity contribution in [2.75, 3.05) is 13.7 Å². The van der Waals surface area contributed by atoms with Crippen LogP contribution in [-0.4, -0.2) is 24.7 Å². The van der Waals surface area contributed by atoms with E-state index in [1.165, 1.54) is 6.26 Å². The molecule has 2 heterocycles. The first-order chi connectivity index (χ1) is 11.7. The highest BCUT2D eigenvalue weighted by Crippen LogP contribution is 2.25. The Kier molecular flexibility index (Phi) is 4.65. The first kappa shape index (κ1) is 15.9. The number of nitrogens with zero attached hydrogens (tertiary/aromatic N) is 1. The summed E-state index contributed by atoms with van der Waals surface area (Å²) in [6.07, 6.45) is 2.23. The van der Waals surface area contributed by atoms with Gasteiger partial charge in [-0.25, -0.2) is 0 Å². The molecule has 0 fully saturated rings. The maximum Gasteiger partial charge on any atom is 0.257 e. The van der Waals surface area contributed by atoms with E-state index < -0.39 is 0 Å². The number of amides is 1. The number of carbonyl (C=O) groups is 1. The Morgan fingerprint density at radius 1 is 1.29 bits per heavy atom. The molecule has 3 rings (SSSR count). The van der Waals surface area contributed by atoms with Gasteiger partial charge >= 0.3 is 0 Å². The first-order valence-electron chi connectivity index (χ1n) is 7.60. The van der Waals surface area contributed by atoms with Crippen molar-refractivity contribution in [3.63, 3.8) is 0 Å². The zero-order valence-electron chi connectivity index (χ0n) is 13.5. The minimum absolute atomic E-state index is 0.233. The van der Waals surface area contributed by atoms with Gasteiger partial charge in [0, 0.05) is 6.54 Å². The van der Waals surface area contributed by atoms with Crippen LogP contribution >= 0.6 is 0 Å². The van der Waals surface area contributed by atoms with Gasteiger partial charge in [0.25, 0.3) is 5.91 Å². The number of hydrogen-bond acceptors (Lipinski definition) is 5. The van der Waals surface area contributed by atoms with Gasteiger partial charge in [-0.1, -0.05) is 17.3 Å². The molecule has 0 aliphatic carbocycles. The smallest absolute Gasteiger partial charge is 0.257 e. The summed E-state index contributed by atoms with van der Waals surface area (Å²) in [4.78, 5) is 12.5. The number of hydrogen-bond donors (Lipinski definition) is 1. The predicted octanol–water partition coefficient (Wildman–Crippen LogP) is 3.22. The van der Waals surface area contributed by atoms with E-state index in [2.05, 4.69) is 10.5 Å². The van der Waals surface area contributed by atoms with Gasteiger partial charge in [-0.2, -0.15) is 0 Å². The zero-order valence-corrected chi connectivity index (χ0v) is 13.5. The number of ether oxygens (including phenoxy) is 1. The number of methoxy groups -OCH3 is 1. The summed E-state index contributed by atoms with van der Waals surface area (Å²) in [5.41, 5.74) is 1.90. The van der Waals surface area contributed by atoms with E-state index in [4.69, 9.17) is 13.7 Å². The van der Waals surface area contributed by atoms with Crippen molar-refractivity contribution in [3.05, 3.63) is 59.5 Å². The molecule has 0 unspecified atom stereocenters. The monoisotopic (exact) mass is 326 g/mol. The Bertz CT molecular complexity index is 821. The van der Waals surface area contributed by atoms with E-state index in [1.54, 1.807) is 26.2 Å². The molecule has 6 nitrogen and oxygen atoms in total. The second-order valence-corrected chi connectivity index (χ2v) is 5.30. The van der Waals surface area contributed by atoms with E-state index in [0.29, 0.717) is 35.7 Å². The third-order valence-corrected chi connectivity index (χ3v) is 3.68. The van der Waals surface area contributed by atoms with Crippen LogP contribution in [0.1, 0.15) is 21.7 Å². The molecule has 3 aromatic rings. The van der Waals surface area contributed by atoms with Crippen LogP contribution in [0.4, 0.5) is 0 Å². The molecule has 1 aromatic carbocycles. The summed E-state index contributed by atoms with van der Waals surface area (Å²) in [6.45, 7) is 2.20. The summed E-state index contributed by atoms with van der Waals surface area (Å²) in [5, 5.41) is 6.81. The lowest BCUT2D eigenvalue weighted by Crippen LogP contribution is -2.26. The van der Waals surface area contributed by atoms with Gasteiger partial charge in [-0.15, -0.1) is 0 Å². The van der Waals surface area contributed by atoms with Crippen LogP contribution in [-0.2, 0) is 6.42 Å². The summed E-state index contributed by atoms with van der Waals surface area (Å²) >= 11 is 0. The van der Waals surface area contributed by atoms with Crippen LogP contribution in [0.15, 0.2) is 51.6 Å². The van der Waals surface area contributed by atoms with E-state index in [0.717, 1.165) is 11.3 Å². The second-order valence-electron chi connectivity index (χ2n) is 5.30. The third-order valence-electron chi connectivity index (χ3n) is 3.68. The van der Waals surface area contributed by atoms with Gasteiger partial charge in [0.05, 0.1) is 13.4 Å². The fourth-order valence-electron chi connectivity index (χ4n) is 2.46. The maximum absolute atomic E-state index is 12.5. The lowest BCUT2D eigenvalue weighted by Gasteiger charge is -2.07. The Labute approximate surface area is 139 Å². The molecule has 0 bridgehead atoms. The van der Waals surface area contributed by atoms with E-state index in [9.17, 15) is 4.79 Å². The van der Waals surface area contributed by atoms with Crippen molar-refractivity contribution in [1.82, 2.24) is 10.5 Å². The van der Waals surface area contributed by atoms with Crippen LogP contribution in [0.2, 0.25) is 0 Å². The standard InChI is InChI=1S/C18H18N2O4/c1-12-16(17(20-24-12)15-7-4-10-23-15)18(21)19-9-8-13-5-3-6-14(11-13)22-2/h3-7,10-11H,8-9H2,1-2H3,(H,19,21). The van der Waals surface area contributed by atoms with Crippen molar-refractivity contribution in [3.8, 4) is 17.2 Å². The average molecular weight is 326 g/mol. The van der Waals surface area contributed by atoms with Crippen molar-refractivity contribution >= 4 is 5.91 Å². The quantitative estimate of drug-likeness (QED) is 0.752. The van der Waals surface area contributed by atoms with E-state index in [1.807, 2.05) is 24.3 Å². The largest absolute Gasteiger partial charge is 0.497 e. The van der Waals surface area contributed by atoms with Crippen molar-refractivity contribution in [2.45, 2.75) is 13.3 Å². The fourth-order valence-corrected chi connectivity index (χ4v) is 2.46. The summed E-state index contributed by atoms with van der Waals surface area (Å²) in [6, 6.07) is 11.2. The molecule has 1 N–H and O–H groups in total. The first-order valence-corrected chi connectivity index (χ1v) is 7.60. The number of benzene rings is 1. The highest BCUT2D eigenvalue weighted by molar-refractivity contribution is 6.00. The van der Waals surface area contributed by atoms with Crippen LogP contribution in [0.3, 0.4) is 0 Å². The molecule has 0 saturated carbocycles. The van der Waals surface area contributed by atoms with Crippen LogP contribution in [0, 0.1) is 6.92 Å². The number of rotatable bonds is 6. The van der Waals surface area contributed by atoms with E-state index >= 15 is 0 Å². The SMILES string of the molecule is COc1cccc(CCNC(=O)c2c(-c3ccco3)noc2C)c1. The summed E-state index contributed by atoms with van der Waals surface area (Å²) < 4.78 is 15.7. The van der Waals surface area contributed by atoms with Crippen LogP contribution < -0.4 is 10.1 Å². The molecule has 0 atom stereocenters. The molecule has 24 heavy (non-hydrogen) atoms. The Hall–Kier alpha value is -3.02. The number of aromatic nitrogens is 1. The van der Waals surface area contributed by atoms with Gasteiger partial charge in [0.2, 0.25) is 0 Å². The van der Waals surface area contributed by atoms with Crippen molar-refractivity contribution in [2.24, 2.45) is 0 Å². The highest BCUT2D eigenvalue weighted by atomic mass is 16.5. The normalized spacial score (nSPS) is 10.6. The molecule has 2 aromatic heterocycles. The fraction of sp³-hybridized carbons (Fsp3) is 0.222. The molecule has 0 saturated heterocycles. The molecular weight excluding hydrogens is 308 g/mol. The molecule has 124 valence electrons. The highest BCUT2D eigenvalue weighted by Gasteiger charge is 2.22. The number of furan rings is 1. The maximum atomic E-state index is 12.5. The molecule has 0 spiro atoms. The molecule has 0 aliphatic heterocycles. The second kappa shape index (κ2) is 7.04. The Morgan fingerprint density at radius 3 is 2.92 bits per heavy atom. The Morgan fingerprint density at radius 2 is 2.17 bits per heavy atom. The van der Waals surface area contributed by atoms with Crippen molar-refractivity contribution in [1.29, 1.82) is 0 Å². The predicted molar refractivity (Wildman–Crippen MR) is 88.0 cm³/mol. The zero-order chi connectivity index (χ0) is 16.9. The molecular formula is C18H18N2O4. The van der Waals surface area contributed by atoms with Gasteiger partial charge in [-0.05, 0) is 43.2 Å². The number of nitrogens with one attached hydrogen (secondary N) is 1. The van der Waals surface area contributed by atoms with Crippen LogP contribution in [0.25, 0.3) is 11.5 Å². The Balaban J connectivity index is 1.66. The number of aryl methyl sites for hydroxylation is 1. The minimum atomic E-state index is -0.233. The van der Waals surface area contributed by atoms with Gasteiger partial charge < -0.3 is 19.0 Å². The van der Waals surface area contributed by atoms with Crippen molar-refractivity contribution < 1.29 is 18.5 Å².